The molecule has 0 atom stereocenters. The third-order valence-electron chi connectivity index (χ3n) is 4.76. The molecule has 4 nitrogen and oxygen atoms in total. The number of aryl methyl sites for hydroxylation is 1. The van der Waals surface area contributed by atoms with Crippen LogP contribution in [0.15, 0.2) is 53.4 Å². The average Bonchev–Trinajstić information content (AvgIpc) is 3.05. The number of benzene rings is 2. The Morgan fingerprint density at radius 1 is 1.18 bits per heavy atom. The van der Waals surface area contributed by atoms with E-state index in [1.807, 2.05) is 38.1 Å². The average molecular weight is 432 g/mol. The summed E-state index contributed by atoms with van der Waals surface area (Å²) in [6.45, 7) is 4.43. The van der Waals surface area contributed by atoms with Crippen LogP contribution >= 0.6 is 22.9 Å². The maximum atomic E-state index is 13.2. The van der Waals surface area contributed by atoms with Crippen LogP contribution in [0.4, 0.5) is 5.69 Å². The van der Waals surface area contributed by atoms with Crippen molar-refractivity contribution >= 4 is 44.4 Å². The summed E-state index contributed by atoms with van der Waals surface area (Å²) in [6, 6.07) is 14.4. The summed E-state index contributed by atoms with van der Waals surface area (Å²) >= 11 is 7.34. The first-order chi connectivity index (χ1) is 13.3. The second-order valence-electron chi connectivity index (χ2n) is 6.75. The van der Waals surface area contributed by atoms with Crippen LogP contribution in [0.5, 0.6) is 0 Å². The van der Waals surface area contributed by atoms with Crippen molar-refractivity contribution in [3.8, 4) is 10.4 Å². The van der Waals surface area contributed by atoms with Gasteiger partial charge in [0.1, 0.15) is 0 Å². The molecule has 144 valence electrons. The van der Waals surface area contributed by atoms with Crippen LogP contribution in [0.1, 0.15) is 27.7 Å². The van der Waals surface area contributed by atoms with Crippen molar-refractivity contribution in [3.63, 3.8) is 0 Å². The van der Waals surface area contributed by atoms with E-state index in [4.69, 9.17) is 11.6 Å². The van der Waals surface area contributed by atoms with Crippen molar-refractivity contribution in [2.45, 2.75) is 24.5 Å². The summed E-state index contributed by atoms with van der Waals surface area (Å²) in [4.78, 5) is 16.5. The number of carbonyl (C=O) groups excluding carboxylic acids is 1. The molecule has 3 aromatic rings. The van der Waals surface area contributed by atoms with Crippen molar-refractivity contribution < 1.29 is 13.2 Å². The van der Waals surface area contributed by atoms with E-state index in [0.717, 1.165) is 16.1 Å². The molecule has 1 amide bonds. The Kier molecular flexibility index (Phi) is 4.81. The van der Waals surface area contributed by atoms with Gasteiger partial charge in [0.05, 0.1) is 15.5 Å². The van der Waals surface area contributed by atoms with Gasteiger partial charge in [0.25, 0.3) is 5.91 Å². The summed E-state index contributed by atoms with van der Waals surface area (Å²) in [7, 11) is -3.48. The molecule has 2 heterocycles. The first-order valence-corrected chi connectivity index (χ1v) is 11.7. The largest absolute Gasteiger partial charge is 0.308 e. The predicted molar refractivity (Wildman–Crippen MR) is 114 cm³/mol. The van der Waals surface area contributed by atoms with Crippen LogP contribution in [-0.4, -0.2) is 20.9 Å². The zero-order valence-electron chi connectivity index (χ0n) is 15.4. The summed E-state index contributed by atoms with van der Waals surface area (Å²) < 4.78 is 25.3. The number of amides is 1. The first-order valence-electron chi connectivity index (χ1n) is 8.84. The van der Waals surface area contributed by atoms with Crippen LogP contribution in [0.25, 0.3) is 10.4 Å². The molecular weight excluding hydrogens is 414 g/mol. The number of halogens is 1. The molecule has 2 aromatic carbocycles. The topological polar surface area (TPSA) is 54.5 Å². The smallest absolute Gasteiger partial charge is 0.268 e. The third kappa shape index (κ3) is 3.26. The van der Waals surface area contributed by atoms with Gasteiger partial charge in [-0.3, -0.25) is 4.79 Å². The van der Waals surface area contributed by atoms with Gasteiger partial charge in [0.2, 0.25) is 0 Å². The molecule has 4 rings (SSSR count). The fourth-order valence-electron chi connectivity index (χ4n) is 3.47. The summed E-state index contributed by atoms with van der Waals surface area (Å²) in [6.07, 6.45) is 0. The highest BCUT2D eigenvalue weighted by molar-refractivity contribution is 7.91. The molecule has 0 bridgehead atoms. The molecule has 1 aliphatic rings. The second kappa shape index (κ2) is 7.03. The predicted octanol–water partition coefficient (Wildman–Crippen LogP) is 5.33. The molecule has 7 heteroatoms. The van der Waals surface area contributed by atoms with Gasteiger partial charge in [0, 0.05) is 27.7 Å². The Bertz CT molecular complexity index is 1200. The quantitative estimate of drug-likeness (QED) is 0.563. The number of carbonyl (C=O) groups is 1. The first kappa shape index (κ1) is 19.2. The van der Waals surface area contributed by atoms with Gasteiger partial charge in [-0.15, -0.1) is 11.3 Å². The number of sulfone groups is 1. The maximum absolute atomic E-state index is 13.2. The fraction of sp³-hybridized carbons (Fsp3) is 0.190. The SMILES string of the molecule is CCN(C(=O)c1cc2c(s1)-c1ccc(Cl)cc1S(=O)(=O)C2)c1cccc(C)c1. The number of nitrogens with zero attached hydrogens (tertiary/aromatic N) is 1. The Morgan fingerprint density at radius 2 is 1.96 bits per heavy atom. The lowest BCUT2D eigenvalue weighted by molar-refractivity contribution is 0.0992. The molecular formula is C21H18ClNO3S2. The highest BCUT2D eigenvalue weighted by Gasteiger charge is 2.32. The van der Waals surface area contributed by atoms with E-state index in [1.54, 1.807) is 23.1 Å². The highest BCUT2D eigenvalue weighted by Crippen LogP contribution is 2.44. The van der Waals surface area contributed by atoms with Gasteiger partial charge in [-0.1, -0.05) is 29.8 Å². The molecule has 0 radical (unpaired) electrons. The van der Waals surface area contributed by atoms with Crippen LogP contribution in [0, 0.1) is 6.92 Å². The number of rotatable bonds is 3. The highest BCUT2D eigenvalue weighted by atomic mass is 35.5. The Hall–Kier alpha value is -2.15. The fourth-order valence-corrected chi connectivity index (χ4v) is 6.63. The van der Waals surface area contributed by atoms with Crippen molar-refractivity contribution in [1.82, 2.24) is 0 Å². The Labute approximate surface area is 173 Å². The van der Waals surface area contributed by atoms with Crippen LogP contribution in [0.3, 0.4) is 0 Å². The van der Waals surface area contributed by atoms with E-state index < -0.39 is 9.84 Å². The molecule has 0 saturated heterocycles. The maximum Gasteiger partial charge on any atom is 0.268 e. The zero-order valence-corrected chi connectivity index (χ0v) is 17.8. The number of anilines is 1. The summed E-state index contributed by atoms with van der Waals surface area (Å²) in [5, 5.41) is 0.384. The minimum absolute atomic E-state index is 0.115. The lowest BCUT2D eigenvalue weighted by Gasteiger charge is -2.20. The molecule has 1 aliphatic heterocycles. The number of thiophene rings is 1. The van der Waals surface area contributed by atoms with Gasteiger partial charge in [0.15, 0.2) is 9.84 Å². The molecule has 0 spiro atoms. The number of fused-ring (bicyclic) bond motifs is 3. The van der Waals surface area contributed by atoms with Crippen LogP contribution < -0.4 is 4.90 Å². The van der Waals surface area contributed by atoms with Gasteiger partial charge >= 0.3 is 0 Å². The molecule has 0 unspecified atom stereocenters. The van der Waals surface area contributed by atoms with Crippen LogP contribution in [-0.2, 0) is 15.6 Å². The lowest BCUT2D eigenvalue weighted by Crippen LogP contribution is -2.30. The van der Waals surface area contributed by atoms with Crippen LogP contribution in [0.2, 0.25) is 5.02 Å². The lowest BCUT2D eigenvalue weighted by atomic mass is 10.1. The van der Waals surface area contributed by atoms with Gasteiger partial charge < -0.3 is 4.90 Å². The molecule has 0 fully saturated rings. The Balaban J connectivity index is 1.79. The van der Waals surface area contributed by atoms with E-state index in [2.05, 4.69) is 0 Å². The van der Waals surface area contributed by atoms with Gasteiger partial charge in [-0.2, -0.15) is 0 Å². The normalized spacial score (nSPS) is 14.2. The van der Waals surface area contributed by atoms with Crippen molar-refractivity contribution in [3.05, 3.63) is 69.6 Å². The van der Waals surface area contributed by atoms with Crippen molar-refractivity contribution in [2.75, 3.05) is 11.4 Å². The third-order valence-corrected chi connectivity index (χ3v) is 7.90. The minimum atomic E-state index is -3.48. The number of hydrogen-bond acceptors (Lipinski definition) is 4. The van der Waals surface area contributed by atoms with E-state index in [-0.39, 0.29) is 16.6 Å². The van der Waals surface area contributed by atoms with E-state index in [1.165, 1.54) is 17.4 Å². The second-order valence-corrected chi connectivity index (χ2v) is 10.2. The molecule has 1 aromatic heterocycles. The van der Waals surface area contributed by atoms with E-state index in [9.17, 15) is 13.2 Å². The van der Waals surface area contributed by atoms with Crippen molar-refractivity contribution in [1.29, 1.82) is 0 Å². The van der Waals surface area contributed by atoms with Gasteiger partial charge in [-0.05, 0) is 55.3 Å². The monoisotopic (exact) mass is 431 g/mol. The molecule has 0 aliphatic carbocycles. The molecule has 28 heavy (non-hydrogen) atoms. The van der Waals surface area contributed by atoms with Crippen molar-refractivity contribution in [2.24, 2.45) is 0 Å². The summed E-state index contributed by atoms with van der Waals surface area (Å²) in [5.41, 5.74) is 3.20. The number of hydrogen-bond donors (Lipinski definition) is 0. The minimum Gasteiger partial charge on any atom is -0.308 e. The zero-order chi connectivity index (χ0) is 20.1. The van der Waals surface area contributed by atoms with E-state index >= 15 is 0 Å². The Morgan fingerprint density at radius 3 is 2.68 bits per heavy atom. The van der Waals surface area contributed by atoms with E-state index in [0.29, 0.717) is 27.6 Å². The molecule has 0 saturated carbocycles. The standard InChI is InChI=1S/C21H18ClNO3S2/c1-3-23(16-6-4-5-13(2)9-16)21(24)18-10-14-12-28(25,26)19-11-15(22)7-8-17(19)20(14)27-18/h4-11H,3,12H2,1-2H3. The van der Waals surface area contributed by atoms with Gasteiger partial charge in [-0.25, -0.2) is 8.42 Å². The molecule has 0 N–H and O–H groups in total. The summed E-state index contributed by atoms with van der Waals surface area (Å²) in [5.74, 6) is -0.240.